The van der Waals surface area contributed by atoms with Gasteiger partial charge < -0.3 is 29.3 Å². The van der Waals surface area contributed by atoms with Crippen LogP contribution in [0, 0.1) is 0 Å². The van der Waals surface area contributed by atoms with Crippen molar-refractivity contribution in [3.8, 4) is 0 Å². The number of hydrogen-bond acceptors (Lipinski definition) is 9. The van der Waals surface area contributed by atoms with E-state index in [4.69, 9.17) is 25.8 Å². The first kappa shape index (κ1) is 22.1. The maximum absolute atomic E-state index is 9.42. The lowest BCUT2D eigenvalue weighted by atomic mass is 10.2. The molecule has 2 aromatic heterocycles. The largest absolute Gasteiger partial charge is 0.381 e. The van der Waals surface area contributed by atoms with Crippen LogP contribution in [-0.4, -0.2) is 67.8 Å². The summed E-state index contributed by atoms with van der Waals surface area (Å²) in [5, 5.41) is 8.97. The number of methoxy groups -OCH3 is 1. The Bertz CT molecular complexity index is 850. The van der Waals surface area contributed by atoms with Gasteiger partial charge in [-0.2, -0.15) is 15.1 Å². The van der Waals surface area contributed by atoms with Crippen molar-refractivity contribution in [2.24, 2.45) is 0 Å². The number of hydrogen-bond donors (Lipinski definition) is 3. The van der Waals surface area contributed by atoms with Crippen LogP contribution in [0.4, 0.5) is 5.82 Å². The molecular weight excluding hydrogens is 433 g/mol. The highest BCUT2D eigenvalue weighted by Gasteiger charge is 2.31. The number of fused-ring (bicyclic) bond motifs is 1. The smallest absolute Gasteiger partial charge is 0.226 e. The van der Waals surface area contributed by atoms with Crippen molar-refractivity contribution >= 4 is 36.8 Å². The maximum Gasteiger partial charge on any atom is 0.226 e. The first-order valence-corrected chi connectivity index (χ1v) is 11.8. The van der Waals surface area contributed by atoms with Gasteiger partial charge in [-0.3, -0.25) is 0 Å². The molecule has 12 heteroatoms. The molecule has 166 valence electrons. The van der Waals surface area contributed by atoms with E-state index in [2.05, 4.69) is 20.4 Å². The van der Waals surface area contributed by atoms with Gasteiger partial charge in [-0.1, -0.05) is 12.8 Å². The second-order valence-corrected chi connectivity index (χ2v) is 9.20. The van der Waals surface area contributed by atoms with Crippen molar-refractivity contribution in [3.63, 3.8) is 0 Å². The molecule has 2 aliphatic rings. The van der Waals surface area contributed by atoms with Gasteiger partial charge >= 0.3 is 0 Å². The van der Waals surface area contributed by atoms with E-state index < -0.39 is 14.2 Å². The van der Waals surface area contributed by atoms with Crippen LogP contribution in [0.25, 0.3) is 11.0 Å². The molecule has 1 aliphatic heterocycles. The summed E-state index contributed by atoms with van der Waals surface area (Å²) in [4.78, 5) is 27.6. The first-order valence-electron chi connectivity index (χ1n) is 10.2. The SMILES string of the molecule is COCC(OCC1CCC(n2ncc3c(NC4CCCC4)nc(Cl)nc32)O1)P(O)O. The average molecular weight is 460 g/mol. The van der Waals surface area contributed by atoms with Crippen molar-refractivity contribution in [3.05, 3.63) is 11.5 Å². The van der Waals surface area contributed by atoms with Gasteiger partial charge in [-0.05, 0) is 37.3 Å². The van der Waals surface area contributed by atoms with E-state index in [9.17, 15) is 9.79 Å². The third-order valence-electron chi connectivity index (χ3n) is 5.52. The summed E-state index contributed by atoms with van der Waals surface area (Å²) < 4.78 is 18.4. The predicted molar refractivity (Wildman–Crippen MR) is 112 cm³/mol. The number of ether oxygens (including phenoxy) is 3. The summed E-state index contributed by atoms with van der Waals surface area (Å²) in [6.45, 7) is 0.360. The van der Waals surface area contributed by atoms with Crippen LogP contribution in [0.3, 0.4) is 0 Å². The quantitative estimate of drug-likeness (QED) is 0.383. The molecule has 2 aromatic rings. The Morgan fingerprint density at radius 1 is 1.30 bits per heavy atom. The Kier molecular flexibility index (Phi) is 7.36. The van der Waals surface area contributed by atoms with Crippen molar-refractivity contribution in [2.45, 2.75) is 62.7 Å². The van der Waals surface area contributed by atoms with Crippen molar-refractivity contribution in [1.82, 2.24) is 19.7 Å². The minimum atomic E-state index is -2.23. The summed E-state index contributed by atoms with van der Waals surface area (Å²) >= 11 is 6.20. The Hall–Kier alpha value is -1.13. The van der Waals surface area contributed by atoms with Gasteiger partial charge in [0.05, 0.1) is 30.9 Å². The van der Waals surface area contributed by atoms with Crippen LogP contribution in [0.1, 0.15) is 44.8 Å². The molecule has 1 saturated heterocycles. The van der Waals surface area contributed by atoms with Gasteiger partial charge in [-0.25, -0.2) is 4.68 Å². The molecule has 4 rings (SSSR count). The normalized spacial score (nSPS) is 23.6. The standard InChI is InChI=1S/C18H27ClN5O5P/c1-27-10-15(30(25)26)28-9-12-6-7-14(29-12)24-17-13(8-20-24)16(22-18(19)23-17)21-11-4-2-3-5-11/h8,11-12,14-15,25-26H,2-7,9-10H2,1H3,(H,21,22,23). The van der Waals surface area contributed by atoms with Crippen molar-refractivity contribution in [2.75, 3.05) is 25.6 Å². The van der Waals surface area contributed by atoms with E-state index in [1.165, 1.54) is 20.0 Å². The van der Waals surface area contributed by atoms with Crippen molar-refractivity contribution < 1.29 is 24.0 Å². The van der Waals surface area contributed by atoms with Crippen LogP contribution < -0.4 is 5.32 Å². The minimum Gasteiger partial charge on any atom is -0.381 e. The van der Waals surface area contributed by atoms with Crippen LogP contribution in [-0.2, 0) is 14.2 Å². The highest BCUT2D eigenvalue weighted by atomic mass is 35.5. The molecule has 1 saturated carbocycles. The molecule has 0 spiro atoms. The molecular formula is C18H27ClN5O5P. The molecule has 0 aromatic carbocycles. The summed E-state index contributed by atoms with van der Waals surface area (Å²) in [6, 6.07) is 0.398. The van der Waals surface area contributed by atoms with Gasteiger partial charge in [0.25, 0.3) is 0 Å². The summed E-state index contributed by atoms with van der Waals surface area (Å²) in [5.41, 5.74) is 0.633. The van der Waals surface area contributed by atoms with Crippen molar-refractivity contribution in [1.29, 1.82) is 0 Å². The molecule has 10 nitrogen and oxygen atoms in total. The Labute approximate surface area is 180 Å². The maximum atomic E-state index is 9.42. The van der Waals surface area contributed by atoms with E-state index in [0.29, 0.717) is 17.5 Å². The fourth-order valence-corrected chi connectivity index (χ4v) is 4.68. The summed E-state index contributed by atoms with van der Waals surface area (Å²) in [7, 11) is -0.744. The molecule has 2 fully saturated rings. The molecule has 3 heterocycles. The topological polar surface area (TPSA) is 124 Å². The van der Waals surface area contributed by atoms with Crippen LogP contribution in [0.5, 0.6) is 0 Å². The van der Waals surface area contributed by atoms with E-state index in [1.54, 1.807) is 10.9 Å². The molecule has 0 amide bonds. The van der Waals surface area contributed by atoms with Gasteiger partial charge in [0.15, 0.2) is 20.3 Å². The Morgan fingerprint density at radius 3 is 2.83 bits per heavy atom. The molecule has 3 atom stereocenters. The molecule has 0 radical (unpaired) electrons. The second-order valence-electron chi connectivity index (χ2n) is 7.65. The molecule has 30 heavy (non-hydrogen) atoms. The zero-order valence-electron chi connectivity index (χ0n) is 16.8. The highest BCUT2D eigenvalue weighted by Crippen LogP contribution is 2.35. The number of halogens is 1. The van der Waals surface area contributed by atoms with E-state index in [-0.39, 0.29) is 30.8 Å². The van der Waals surface area contributed by atoms with E-state index >= 15 is 0 Å². The van der Waals surface area contributed by atoms with E-state index in [1.807, 2.05) is 0 Å². The summed E-state index contributed by atoms with van der Waals surface area (Å²) in [6.07, 6.45) is 7.44. The minimum absolute atomic E-state index is 0.116. The lowest BCUT2D eigenvalue weighted by Gasteiger charge is -2.20. The van der Waals surface area contributed by atoms with Gasteiger partial charge in [0.2, 0.25) is 5.28 Å². The van der Waals surface area contributed by atoms with Gasteiger partial charge in [-0.15, -0.1) is 0 Å². The number of nitrogens with one attached hydrogen (secondary N) is 1. The fourth-order valence-electron chi connectivity index (χ4n) is 4.02. The number of nitrogens with zero attached hydrogens (tertiary/aromatic N) is 4. The molecule has 3 N–H and O–H groups in total. The summed E-state index contributed by atoms with van der Waals surface area (Å²) in [5.74, 6) is -0.0448. The van der Waals surface area contributed by atoms with Crippen LogP contribution >= 0.6 is 20.0 Å². The fraction of sp³-hybridized carbons (Fsp3) is 0.722. The lowest BCUT2D eigenvalue weighted by molar-refractivity contribution is -0.0601. The zero-order valence-corrected chi connectivity index (χ0v) is 18.4. The van der Waals surface area contributed by atoms with Crippen LogP contribution in [0.2, 0.25) is 5.28 Å². The second kappa shape index (κ2) is 9.99. The monoisotopic (exact) mass is 459 g/mol. The Morgan fingerprint density at radius 2 is 2.10 bits per heavy atom. The Balaban J connectivity index is 1.44. The number of anilines is 1. The molecule has 3 unspecified atom stereocenters. The molecule has 1 aliphatic carbocycles. The van der Waals surface area contributed by atoms with Gasteiger partial charge in [0.1, 0.15) is 11.7 Å². The third-order valence-corrected chi connectivity index (χ3v) is 6.50. The lowest BCUT2D eigenvalue weighted by Crippen LogP contribution is -2.24. The molecule has 0 bridgehead atoms. The number of rotatable bonds is 9. The number of aromatic nitrogens is 4. The first-order chi connectivity index (χ1) is 14.5. The van der Waals surface area contributed by atoms with Gasteiger partial charge in [0, 0.05) is 13.2 Å². The zero-order chi connectivity index (χ0) is 21.1. The third kappa shape index (κ3) is 5.02. The predicted octanol–water partition coefficient (Wildman–Crippen LogP) is 2.80. The average Bonchev–Trinajstić information content (AvgIpc) is 3.45. The highest BCUT2D eigenvalue weighted by molar-refractivity contribution is 7.45. The van der Waals surface area contributed by atoms with E-state index in [0.717, 1.165) is 31.1 Å². The van der Waals surface area contributed by atoms with Crippen LogP contribution in [0.15, 0.2) is 6.20 Å².